The van der Waals surface area contributed by atoms with E-state index in [9.17, 15) is 5.11 Å². The monoisotopic (exact) mass is 299 g/mol. The van der Waals surface area contributed by atoms with Crippen LogP contribution in [0.25, 0.3) is 0 Å². The van der Waals surface area contributed by atoms with E-state index in [0.717, 1.165) is 41.5 Å². The molecule has 2 rings (SSSR count). The van der Waals surface area contributed by atoms with Gasteiger partial charge in [0.1, 0.15) is 12.4 Å². The van der Waals surface area contributed by atoms with Crippen molar-refractivity contribution in [3.05, 3.63) is 28.2 Å². The molecule has 0 bridgehead atoms. The first-order chi connectivity index (χ1) is 8.13. The van der Waals surface area contributed by atoms with Crippen LogP contribution in [0.2, 0.25) is 0 Å². The maximum absolute atomic E-state index is 10.2. The summed E-state index contributed by atoms with van der Waals surface area (Å²) in [6.07, 6.45) is 3.86. The van der Waals surface area contributed by atoms with Crippen LogP contribution in [0.1, 0.15) is 31.2 Å². The number of halogens is 1. The lowest BCUT2D eigenvalue weighted by atomic mass is 10.0. The van der Waals surface area contributed by atoms with Gasteiger partial charge in [-0.1, -0.05) is 18.9 Å². The molecule has 0 amide bonds. The summed E-state index contributed by atoms with van der Waals surface area (Å²) in [5.41, 5.74) is 5.99. The van der Waals surface area contributed by atoms with Crippen molar-refractivity contribution in [2.24, 2.45) is 5.73 Å². The summed E-state index contributed by atoms with van der Waals surface area (Å²) in [5.74, 6) is 0.766. The molecule has 0 radical (unpaired) electrons. The lowest BCUT2D eigenvalue weighted by Gasteiger charge is -2.22. The van der Waals surface area contributed by atoms with Gasteiger partial charge in [0.15, 0.2) is 0 Å². The Kier molecular flexibility index (Phi) is 4.07. The summed E-state index contributed by atoms with van der Waals surface area (Å²) in [4.78, 5) is 0. The topological polar surface area (TPSA) is 55.5 Å². The zero-order chi connectivity index (χ0) is 12.3. The van der Waals surface area contributed by atoms with Crippen LogP contribution in [0.15, 0.2) is 22.7 Å². The van der Waals surface area contributed by atoms with E-state index < -0.39 is 5.60 Å². The van der Waals surface area contributed by atoms with E-state index in [4.69, 9.17) is 10.5 Å². The molecule has 0 unspecified atom stereocenters. The molecule has 94 valence electrons. The number of ether oxygens (including phenoxy) is 1. The SMILES string of the molecule is NCc1ccc(OCC2(O)CCCC2)c(Br)c1. The number of nitrogens with two attached hydrogens (primary N) is 1. The minimum Gasteiger partial charge on any atom is -0.489 e. The summed E-state index contributed by atoms with van der Waals surface area (Å²) >= 11 is 3.45. The number of hydrogen-bond acceptors (Lipinski definition) is 3. The zero-order valence-corrected chi connectivity index (χ0v) is 11.4. The number of hydrogen-bond donors (Lipinski definition) is 2. The molecule has 0 aliphatic heterocycles. The van der Waals surface area contributed by atoms with Gasteiger partial charge >= 0.3 is 0 Å². The second kappa shape index (κ2) is 5.38. The van der Waals surface area contributed by atoms with Gasteiger partial charge in [-0.25, -0.2) is 0 Å². The van der Waals surface area contributed by atoms with Crippen molar-refractivity contribution < 1.29 is 9.84 Å². The molecule has 0 aromatic heterocycles. The van der Waals surface area contributed by atoms with Gasteiger partial charge in [-0.2, -0.15) is 0 Å². The largest absolute Gasteiger partial charge is 0.489 e. The molecular formula is C13H18BrNO2. The van der Waals surface area contributed by atoms with Gasteiger partial charge in [-0.3, -0.25) is 0 Å². The average molecular weight is 300 g/mol. The highest BCUT2D eigenvalue weighted by Gasteiger charge is 2.32. The van der Waals surface area contributed by atoms with Crippen molar-refractivity contribution in [3.63, 3.8) is 0 Å². The van der Waals surface area contributed by atoms with E-state index >= 15 is 0 Å². The van der Waals surface area contributed by atoms with E-state index in [1.165, 1.54) is 0 Å². The molecule has 0 atom stereocenters. The van der Waals surface area contributed by atoms with Crippen LogP contribution in [0.4, 0.5) is 0 Å². The highest BCUT2D eigenvalue weighted by Crippen LogP contribution is 2.32. The van der Waals surface area contributed by atoms with Crippen LogP contribution in [0, 0.1) is 0 Å². The normalized spacial score (nSPS) is 18.3. The Bertz CT molecular complexity index is 389. The molecule has 1 aliphatic rings. The van der Waals surface area contributed by atoms with Gasteiger partial charge < -0.3 is 15.6 Å². The summed E-state index contributed by atoms with van der Waals surface area (Å²) in [7, 11) is 0. The lowest BCUT2D eigenvalue weighted by Crippen LogP contribution is -2.32. The third-order valence-corrected chi connectivity index (χ3v) is 3.88. The molecular weight excluding hydrogens is 282 g/mol. The van der Waals surface area contributed by atoms with Crippen LogP contribution >= 0.6 is 15.9 Å². The summed E-state index contributed by atoms with van der Waals surface area (Å²) in [5, 5.41) is 10.2. The predicted octanol–water partition coefficient (Wildman–Crippen LogP) is 2.59. The third kappa shape index (κ3) is 3.21. The number of benzene rings is 1. The van der Waals surface area contributed by atoms with Crippen LogP contribution in [0.3, 0.4) is 0 Å². The van der Waals surface area contributed by atoms with Crippen molar-refractivity contribution in [2.75, 3.05) is 6.61 Å². The lowest BCUT2D eigenvalue weighted by molar-refractivity contribution is 0.00118. The average Bonchev–Trinajstić information content (AvgIpc) is 2.75. The Morgan fingerprint density at radius 1 is 1.35 bits per heavy atom. The van der Waals surface area contributed by atoms with Gasteiger partial charge in [0.05, 0.1) is 10.1 Å². The minimum absolute atomic E-state index is 0.369. The molecule has 1 aromatic rings. The van der Waals surface area contributed by atoms with Crippen molar-refractivity contribution in [1.29, 1.82) is 0 Å². The third-order valence-electron chi connectivity index (χ3n) is 3.26. The van der Waals surface area contributed by atoms with Crippen molar-refractivity contribution in [3.8, 4) is 5.75 Å². The Balaban J connectivity index is 1.99. The van der Waals surface area contributed by atoms with E-state index in [0.29, 0.717) is 13.2 Å². The second-order valence-electron chi connectivity index (χ2n) is 4.69. The molecule has 0 heterocycles. The molecule has 1 saturated carbocycles. The van der Waals surface area contributed by atoms with Gasteiger partial charge in [0.2, 0.25) is 0 Å². The van der Waals surface area contributed by atoms with Crippen LogP contribution in [-0.2, 0) is 6.54 Å². The highest BCUT2D eigenvalue weighted by atomic mass is 79.9. The fourth-order valence-corrected chi connectivity index (χ4v) is 2.72. The predicted molar refractivity (Wildman–Crippen MR) is 70.9 cm³/mol. The molecule has 0 spiro atoms. The molecule has 1 fully saturated rings. The van der Waals surface area contributed by atoms with Crippen LogP contribution in [0.5, 0.6) is 5.75 Å². The standard InChI is InChI=1S/C13H18BrNO2/c14-11-7-10(8-15)3-4-12(11)17-9-13(16)5-1-2-6-13/h3-4,7,16H,1-2,5-6,8-9,15H2. The highest BCUT2D eigenvalue weighted by molar-refractivity contribution is 9.10. The fourth-order valence-electron chi connectivity index (χ4n) is 2.18. The summed E-state index contributed by atoms with van der Waals surface area (Å²) in [6.45, 7) is 0.885. The molecule has 1 aromatic carbocycles. The maximum atomic E-state index is 10.2. The van der Waals surface area contributed by atoms with Gasteiger partial charge in [0, 0.05) is 6.54 Å². The molecule has 4 heteroatoms. The van der Waals surface area contributed by atoms with E-state index in [-0.39, 0.29) is 0 Å². The van der Waals surface area contributed by atoms with E-state index in [2.05, 4.69) is 15.9 Å². The second-order valence-corrected chi connectivity index (χ2v) is 5.54. The Morgan fingerprint density at radius 2 is 2.06 bits per heavy atom. The van der Waals surface area contributed by atoms with E-state index in [1.807, 2.05) is 18.2 Å². The first-order valence-corrected chi connectivity index (χ1v) is 6.76. The molecule has 0 saturated heterocycles. The van der Waals surface area contributed by atoms with E-state index in [1.54, 1.807) is 0 Å². The molecule has 3 N–H and O–H groups in total. The molecule has 17 heavy (non-hydrogen) atoms. The van der Waals surface area contributed by atoms with Crippen molar-refractivity contribution >= 4 is 15.9 Å². The zero-order valence-electron chi connectivity index (χ0n) is 9.79. The Labute approximate surface area is 110 Å². The Morgan fingerprint density at radius 3 is 2.65 bits per heavy atom. The van der Waals surface area contributed by atoms with Gasteiger partial charge in [-0.05, 0) is 46.5 Å². The molecule has 1 aliphatic carbocycles. The fraction of sp³-hybridized carbons (Fsp3) is 0.538. The minimum atomic E-state index is -0.633. The maximum Gasteiger partial charge on any atom is 0.133 e. The van der Waals surface area contributed by atoms with Gasteiger partial charge in [-0.15, -0.1) is 0 Å². The van der Waals surface area contributed by atoms with Crippen molar-refractivity contribution in [1.82, 2.24) is 0 Å². The first kappa shape index (κ1) is 12.9. The number of aliphatic hydroxyl groups is 1. The van der Waals surface area contributed by atoms with Crippen LogP contribution < -0.4 is 10.5 Å². The van der Waals surface area contributed by atoms with Gasteiger partial charge in [0.25, 0.3) is 0 Å². The Hall–Kier alpha value is -0.580. The quantitative estimate of drug-likeness (QED) is 0.898. The summed E-state index contributed by atoms with van der Waals surface area (Å²) in [6, 6.07) is 5.79. The summed E-state index contributed by atoms with van der Waals surface area (Å²) < 4.78 is 6.58. The number of rotatable bonds is 4. The van der Waals surface area contributed by atoms with Crippen LogP contribution in [-0.4, -0.2) is 17.3 Å². The van der Waals surface area contributed by atoms with Crippen molar-refractivity contribution in [2.45, 2.75) is 37.8 Å². The first-order valence-electron chi connectivity index (χ1n) is 5.97. The smallest absolute Gasteiger partial charge is 0.133 e. The molecule has 3 nitrogen and oxygen atoms in total.